The number of aromatic nitrogens is 2. The number of rotatable bonds is 8. The van der Waals surface area contributed by atoms with Crippen LogP contribution in [0.1, 0.15) is 22.5 Å². The number of nitro groups is 1. The first-order valence-corrected chi connectivity index (χ1v) is 9.22. The van der Waals surface area contributed by atoms with Crippen LogP contribution in [0.5, 0.6) is 11.5 Å². The second kappa shape index (κ2) is 9.38. The number of nitro benzene ring substituents is 1. The Morgan fingerprint density at radius 3 is 2.58 bits per heavy atom. The molecule has 0 spiro atoms. The van der Waals surface area contributed by atoms with E-state index in [0.29, 0.717) is 0 Å². The number of aliphatic carboxylic acids is 1. The van der Waals surface area contributed by atoms with Crippen molar-refractivity contribution in [2.24, 2.45) is 0 Å². The van der Waals surface area contributed by atoms with Gasteiger partial charge in [-0.25, -0.2) is 0 Å². The number of amides is 1. The second-order valence-corrected chi connectivity index (χ2v) is 6.64. The molecule has 3 rings (SSSR count). The van der Waals surface area contributed by atoms with Crippen LogP contribution in [-0.4, -0.2) is 31.7 Å². The standard InChI is InChI=1S/C20H15F3N4O6/c21-20(22,23)12-2-1-3-15(8-12)33-16-10-13(9-14(11-16)27(31)32)25-19(30)17-4-6-24-26(17)7-5-18(28)29/h1-4,6,8-11H,5,7H2,(H,25,30)(H,28,29). The summed E-state index contributed by atoms with van der Waals surface area (Å²) in [6.45, 7) is -0.0794. The van der Waals surface area contributed by atoms with E-state index in [1.807, 2.05) is 0 Å². The topological polar surface area (TPSA) is 137 Å². The van der Waals surface area contributed by atoms with Gasteiger partial charge in [0.05, 0.1) is 35.2 Å². The van der Waals surface area contributed by atoms with E-state index < -0.39 is 34.2 Å². The lowest BCUT2D eigenvalue weighted by atomic mass is 10.2. The smallest absolute Gasteiger partial charge is 0.416 e. The van der Waals surface area contributed by atoms with Crippen LogP contribution in [0, 0.1) is 10.1 Å². The Bertz CT molecular complexity index is 1210. The van der Waals surface area contributed by atoms with Crippen molar-refractivity contribution < 1.29 is 37.5 Å². The number of nitrogens with one attached hydrogen (secondary N) is 1. The van der Waals surface area contributed by atoms with E-state index in [4.69, 9.17) is 9.84 Å². The van der Waals surface area contributed by atoms with E-state index in [9.17, 15) is 32.9 Å². The lowest BCUT2D eigenvalue weighted by Gasteiger charge is -2.12. The summed E-state index contributed by atoms with van der Waals surface area (Å²) in [5.41, 5.74) is -1.51. The highest BCUT2D eigenvalue weighted by Gasteiger charge is 2.30. The zero-order valence-electron chi connectivity index (χ0n) is 16.6. The molecule has 0 fully saturated rings. The molecule has 10 nitrogen and oxygen atoms in total. The van der Waals surface area contributed by atoms with Gasteiger partial charge in [0.15, 0.2) is 0 Å². The fourth-order valence-electron chi connectivity index (χ4n) is 2.79. The second-order valence-electron chi connectivity index (χ2n) is 6.64. The number of halogens is 3. The molecule has 0 saturated heterocycles. The quantitative estimate of drug-likeness (QED) is 0.374. The largest absolute Gasteiger partial charge is 0.481 e. The van der Waals surface area contributed by atoms with Crippen LogP contribution in [0.2, 0.25) is 0 Å². The van der Waals surface area contributed by atoms with Crippen LogP contribution in [0.15, 0.2) is 54.7 Å². The van der Waals surface area contributed by atoms with Crippen molar-refractivity contribution in [3.8, 4) is 11.5 Å². The van der Waals surface area contributed by atoms with E-state index in [-0.39, 0.29) is 35.8 Å². The van der Waals surface area contributed by atoms with E-state index in [1.54, 1.807) is 0 Å². The van der Waals surface area contributed by atoms with Crippen molar-refractivity contribution in [2.45, 2.75) is 19.1 Å². The normalized spacial score (nSPS) is 11.1. The number of benzene rings is 2. The van der Waals surface area contributed by atoms with Gasteiger partial charge < -0.3 is 15.2 Å². The maximum absolute atomic E-state index is 12.9. The van der Waals surface area contributed by atoms with Gasteiger partial charge in [0, 0.05) is 18.3 Å². The highest BCUT2D eigenvalue weighted by atomic mass is 19.4. The van der Waals surface area contributed by atoms with E-state index in [0.717, 1.165) is 35.0 Å². The monoisotopic (exact) mass is 464 g/mol. The predicted octanol–water partition coefficient (Wildman–Crippen LogP) is 4.33. The summed E-state index contributed by atoms with van der Waals surface area (Å²) >= 11 is 0. The number of nitrogens with zero attached hydrogens (tertiary/aromatic N) is 3. The lowest BCUT2D eigenvalue weighted by molar-refractivity contribution is -0.384. The number of aryl methyl sites for hydroxylation is 1. The first kappa shape index (κ1) is 23.2. The Morgan fingerprint density at radius 2 is 1.91 bits per heavy atom. The first-order valence-electron chi connectivity index (χ1n) is 9.22. The Kier molecular flexibility index (Phi) is 6.61. The average molecular weight is 464 g/mol. The van der Waals surface area contributed by atoms with Crippen LogP contribution in [0.25, 0.3) is 0 Å². The van der Waals surface area contributed by atoms with Crippen molar-refractivity contribution in [2.75, 3.05) is 5.32 Å². The number of anilines is 1. The number of ether oxygens (including phenoxy) is 1. The van der Waals surface area contributed by atoms with Crippen LogP contribution in [-0.2, 0) is 17.5 Å². The summed E-state index contributed by atoms with van der Waals surface area (Å²) in [7, 11) is 0. The summed E-state index contributed by atoms with van der Waals surface area (Å²) < 4.78 is 45.3. The third-order valence-corrected chi connectivity index (χ3v) is 4.24. The SMILES string of the molecule is O=C(O)CCn1nccc1C(=O)Nc1cc(Oc2cccc(C(F)(F)F)c2)cc([N+](=O)[O-])c1. The molecule has 0 bridgehead atoms. The fraction of sp³-hybridized carbons (Fsp3) is 0.150. The van der Waals surface area contributed by atoms with Gasteiger partial charge in [-0.15, -0.1) is 0 Å². The first-order chi connectivity index (χ1) is 15.5. The number of carboxylic acid groups (broad SMARTS) is 1. The minimum atomic E-state index is -4.61. The van der Waals surface area contributed by atoms with Gasteiger partial charge in [0.25, 0.3) is 11.6 Å². The van der Waals surface area contributed by atoms with E-state index in [2.05, 4.69) is 10.4 Å². The molecule has 0 radical (unpaired) electrons. The van der Waals surface area contributed by atoms with Gasteiger partial charge in [-0.3, -0.25) is 24.4 Å². The molecule has 1 aromatic heterocycles. The molecule has 13 heteroatoms. The number of alkyl halides is 3. The molecular formula is C20H15F3N4O6. The Balaban J connectivity index is 1.86. The lowest BCUT2D eigenvalue weighted by Crippen LogP contribution is -2.19. The van der Waals surface area contributed by atoms with Crippen molar-refractivity contribution in [1.29, 1.82) is 0 Å². The number of hydrogen-bond acceptors (Lipinski definition) is 6. The third-order valence-electron chi connectivity index (χ3n) is 4.24. The Labute approximate surface area is 183 Å². The van der Waals surface area contributed by atoms with Gasteiger partial charge in [0.2, 0.25) is 0 Å². The summed E-state index contributed by atoms with van der Waals surface area (Å²) in [6, 6.07) is 8.50. The van der Waals surface area contributed by atoms with Gasteiger partial charge >= 0.3 is 12.1 Å². The van der Waals surface area contributed by atoms with Crippen LogP contribution < -0.4 is 10.1 Å². The van der Waals surface area contributed by atoms with Crippen LogP contribution >= 0.6 is 0 Å². The van der Waals surface area contributed by atoms with Gasteiger partial charge in [-0.2, -0.15) is 18.3 Å². The predicted molar refractivity (Wildman–Crippen MR) is 107 cm³/mol. The summed E-state index contributed by atoms with van der Waals surface area (Å²) in [5, 5.41) is 26.4. The minimum absolute atomic E-state index is 0.00287. The van der Waals surface area contributed by atoms with E-state index in [1.165, 1.54) is 24.4 Å². The molecule has 3 aromatic rings. The maximum Gasteiger partial charge on any atom is 0.416 e. The summed E-state index contributed by atoms with van der Waals surface area (Å²) in [6.07, 6.45) is -3.61. The molecule has 0 aliphatic heterocycles. The molecule has 1 heterocycles. The van der Waals surface area contributed by atoms with Crippen molar-refractivity contribution in [3.63, 3.8) is 0 Å². The molecule has 0 aliphatic rings. The number of carboxylic acids is 1. The summed E-state index contributed by atoms with van der Waals surface area (Å²) in [5.74, 6) is -2.22. The molecule has 33 heavy (non-hydrogen) atoms. The molecule has 0 unspecified atom stereocenters. The fourth-order valence-corrected chi connectivity index (χ4v) is 2.79. The Hall–Kier alpha value is -4.42. The zero-order chi connectivity index (χ0) is 24.2. The van der Waals surface area contributed by atoms with Gasteiger partial charge in [-0.1, -0.05) is 6.07 Å². The number of non-ortho nitro benzene ring substituents is 1. The molecule has 1 amide bonds. The number of carbonyl (C=O) groups excluding carboxylic acids is 1. The number of carbonyl (C=O) groups is 2. The minimum Gasteiger partial charge on any atom is -0.481 e. The third kappa shape index (κ3) is 6.06. The highest BCUT2D eigenvalue weighted by Crippen LogP contribution is 2.34. The van der Waals surface area contributed by atoms with E-state index >= 15 is 0 Å². The van der Waals surface area contributed by atoms with Gasteiger partial charge in [-0.05, 0) is 24.3 Å². The maximum atomic E-state index is 12.9. The Morgan fingerprint density at radius 1 is 1.15 bits per heavy atom. The molecule has 172 valence electrons. The van der Waals surface area contributed by atoms with Crippen molar-refractivity contribution in [1.82, 2.24) is 9.78 Å². The van der Waals surface area contributed by atoms with Crippen LogP contribution in [0.4, 0.5) is 24.5 Å². The molecule has 0 aliphatic carbocycles. The highest BCUT2D eigenvalue weighted by molar-refractivity contribution is 6.03. The summed E-state index contributed by atoms with van der Waals surface area (Å²) in [4.78, 5) is 33.9. The van der Waals surface area contributed by atoms with Crippen molar-refractivity contribution >= 4 is 23.3 Å². The molecule has 2 aromatic carbocycles. The van der Waals surface area contributed by atoms with Crippen molar-refractivity contribution in [3.05, 3.63) is 76.1 Å². The average Bonchev–Trinajstić information content (AvgIpc) is 3.20. The molecule has 0 atom stereocenters. The number of hydrogen-bond donors (Lipinski definition) is 2. The zero-order valence-corrected chi connectivity index (χ0v) is 16.6. The van der Waals surface area contributed by atoms with Crippen LogP contribution in [0.3, 0.4) is 0 Å². The van der Waals surface area contributed by atoms with Gasteiger partial charge in [0.1, 0.15) is 17.2 Å². The molecule has 0 saturated carbocycles. The molecular weight excluding hydrogens is 449 g/mol. The molecule has 2 N–H and O–H groups in total.